The zero-order chi connectivity index (χ0) is 16.5. The fraction of sp³-hybridized carbons (Fsp3) is 0.950. The van der Waals surface area contributed by atoms with Gasteiger partial charge in [0.1, 0.15) is 0 Å². The van der Waals surface area contributed by atoms with Crippen LogP contribution in [0.1, 0.15) is 77.6 Å². The third-order valence-electron chi connectivity index (χ3n) is 7.37. The Bertz CT molecular complexity index is 417. The first-order valence-corrected chi connectivity index (χ1v) is 9.97. The van der Waals surface area contributed by atoms with Gasteiger partial charge in [0.15, 0.2) is 0 Å². The van der Waals surface area contributed by atoms with Gasteiger partial charge in [-0.3, -0.25) is 4.79 Å². The maximum atomic E-state index is 12.4. The van der Waals surface area contributed by atoms with Gasteiger partial charge in [0.25, 0.3) is 0 Å². The molecule has 0 aromatic heterocycles. The summed E-state index contributed by atoms with van der Waals surface area (Å²) >= 11 is 0. The molecule has 0 atom stereocenters. The molecule has 2 aliphatic carbocycles. The van der Waals surface area contributed by atoms with Crippen molar-refractivity contribution < 1.29 is 4.79 Å². The fourth-order valence-corrected chi connectivity index (χ4v) is 5.77. The van der Waals surface area contributed by atoms with Gasteiger partial charge >= 0.3 is 0 Å². The molecule has 3 rings (SSSR count). The zero-order valence-corrected chi connectivity index (χ0v) is 15.6. The van der Waals surface area contributed by atoms with Crippen LogP contribution >= 0.6 is 0 Å². The first kappa shape index (κ1) is 17.3. The summed E-state index contributed by atoms with van der Waals surface area (Å²) in [6, 6.07) is 0. The van der Waals surface area contributed by atoms with Gasteiger partial charge in [0.05, 0.1) is 0 Å². The first-order valence-electron chi connectivity index (χ1n) is 9.97. The van der Waals surface area contributed by atoms with Crippen LogP contribution in [0.15, 0.2) is 0 Å². The van der Waals surface area contributed by atoms with Crippen molar-refractivity contribution in [1.82, 2.24) is 9.80 Å². The molecule has 3 aliphatic rings. The van der Waals surface area contributed by atoms with Gasteiger partial charge in [-0.1, -0.05) is 26.2 Å². The van der Waals surface area contributed by atoms with Crippen molar-refractivity contribution in [2.75, 3.05) is 27.2 Å². The highest BCUT2D eigenvalue weighted by Crippen LogP contribution is 2.53. The molecular weight excluding hydrogens is 284 g/mol. The van der Waals surface area contributed by atoms with Crippen LogP contribution in [-0.4, -0.2) is 48.4 Å². The molecule has 1 spiro atoms. The molecule has 3 fully saturated rings. The van der Waals surface area contributed by atoms with Gasteiger partial charge in [-0.15, -0.1) is 0 Å². The molecule has 2 saturated carbocycles. The lowest BCUT2D eigenvalue weighted by Gasteiger charge is -2.52. The Morgan fingerprint density at radius 2 is 1.78 bits per heavy atom. The summed E-state index contributed by atoms with van der Waals surface area (Å²) in [4.78, 5) is 17.1. The van der Waals surface area contributed by atoms with Crippen LogP contribution < -0.4 is 0 Å². The minimum atomic E-state index is 0.308. The second-order valence-electron chi connectivity index (χ2n) is 8.83. The summed E-state index contributed by atoms with van der Waals surface area (Å²) in [6.07, 6.45) is 14.0. The topological polar surface area (TPSA) is 23.6 Å². The minimum absolute atomic E-state index is 0.308. The summed E-state index contributed by atoms with van der Waals surface area (Å²) < 4.78 is 0. The van der Waals surface area contributed by atoms with Crippen molar-refractivity contribution in [3.05, 3.63) is 0 Å². The molecule has 1 heterocycles. The molecule has 0 unspecified atom stereocenters. The molecule has 1 amide bonds. The number of rotatable bonds is 5. The number of nitrogens with zero attached hydrogens (tertiary/aromatic N) is 2. The Morgan fingerprint density at radius 1 is 1.13 bits per heavy atom. The number of unbranched alkanes of at least 4 members (excludes halogenated alkanes) is 1. The number of hydrogen-bond donors (Lipinski definition) is 0. The van der Waals surface area contributed by atoms with Crippen LogP contribution in [0.2, 0.25) is 0 Å². The van der Waals surface area contributed by atoms with E-state index in [9.17, 15) is 4.79 Å². The summed E-state index contributed by atoms with van der Waals surface area (Å²) in [7, 11) is 4.59. The minimum Gasteiger partial charge on any atom is -0.342 e. The largest absolute Gasteiger partial charge is 0.342 e. The van der Waals surface area contributed by atoms with Gasteiger partial charge in [0.2, 0.25) is 5.91 Å². The highest BCUT2D eigenvalue weighted by molar-refractivity contribution is 5.79. The van der Waals surface area contributed by atoms with Crippen LogP contribution in [0.25, 0.3) is 0 Å². The Kier molecular flexibility index (Phi) is 5.06. The summed E-state index contributed by atoms with van der Waals surface area (Å²) in [5.41, 5.74) is 0.727. The van der Waals surface area contributed by atoms with Crippen LogP contribution in [-0.2, 0) is 4.79 Å². The van der Waals surface area contributed by atoms with Gasteiger partial charge in [-0.05, 0) is 70.4 Å². The number of carbonyl (C=O) groups excluding carboxylic acids is 1. The SMILES string of the molecule is CCCCN1CC2(CCC(C3CCCC3)(N(C)C)CC2)CC1=O. The van der Waals surface area contributed by atoms with Crippen LogP contribution in [0.5, 0.6) is 0 Å². The molecule has 1 saturated heterocycles. The third kappa shape index (κ3) is 3.18. The second-order valence-corrected chi connectivity index (χ2v) is 8.83. The van der Waals surface area contributed by atoms with E-state index in [1.165, 1.54) is 57.8 Å². The van der Waals surface area contributed by atoms with Gasteiger partial charge in [-0.25, -0.2) is 0 Å². The van der Waals surface area contributed by atoms with E-state index < -0.39 is 0 Å². The summed E-state index contributed by atoms with van der Waals surface area (Å²) in [5, 5.41) is 0. The van der Waals surface area contributed by atoms with Crippen molar-refractivity contribution in [2.24, 2.45) is 11.3 Å². The molecule has 0 bridgehead atoms. The van der Waals surface area contributed by atoms with E-state index in [4.69, 9.17) is 0 Å². The summed E-state index contributed by atoms with van der Waals surface area (Å²) in [5.74, 6) is 1.32. The van der Waals surface area contributed by atoms with Crippen LogP contribution in [0, 0.1) is 11.3 Å². The molecule has 0 N–H and O–H groups in total. The molecule has 132 valence electrons. The highest BCUT2D eigenvalue weighted by Gasteiger charge is 2.52. The van der Waals surface area contributed by atoms with Crippen molar-refractivity contribution in [3.63, 3.8) is 0 Å². The maximum Gasteiger partial charge on any atom is 0.223 e. The van der Waals surface area contributed by atoms with E-state index in [2.05, 4.69) is 30.8 Å². The fourth-order valence-electron chi connectivity index (χ4n) is 5.77. The Hall–Kier alpha value is -0.570. The average Bonchev–Trinajstić information content (AvgIpc) is 3.15. The van der Waals surface area contributed by atoms with E-state index in [1.54, 1.807) is 0 Å². The van der Waals surface area contributed by atoms with Crippen LogP contribution in [0.3, 0.4) is 0 Å². The Labute approximate surface area is 142 Å². The molecule has 23 heavy (non-hydrogen) atoms. The van der Waals surface area contributed by atoms with E-state index in [0.717, 1.165) is 31.8 Å². The third-order valence-corrected chi connectivity index (χ3v) is 7.37. The number of likely N-dealkylation sites (tertiary alicyclic amines) is 1. The molecule has 3 heteroatoms. The van der Waals surface area contributed by atoms with E-state index in [-0.39, 0.29) is 0 Å². The molecular formula is C20H36N2O. The number of hydrogen-bond acceptors (Lipinski definition) is 2. The van der Waals surface area contributed by atoms with Crippen LogP contribution in [0.4, 0.5) is 0 Å². The molecule has 0 aromatic carbocycles. The van der Waals surface area contributed by atoms with E-state index >= 15 is 0 Å². The number of carbonyl (C=O) groups is 1. The lowest BCUT2D eigenvalue weighted by Crippen LogP contribution is -2.54. The lowest BCUT2D eigenvalue weighted by molar-refractivity contribution is -0.127. The van der Waals surface area contributed by atoms with Gasteiger partial charge < -0.3 is 9.80 Å². The molecule has 3 nitrogen and oxygen atoms in total. The maximum absolute atomic E-state index is 12.4. The Balaban J connectivity index is 1.66. The number of amides is 1. The predicted molar refractivity (Wildman–Crippen MR) is 95.4 cm³/mol. The molecule has 0 radical (unpaired) electrons. The smallest absolute Gasteiger partial charge is 0.223 e. The zero-order valence-electron chi connectivity index (χ0n) is 15.6. The van der Waals surface area contributed by atoms with E-state index in [1.807, 2.05) is 0 Å². The molecule has 0 aromatic rings. The predicted octanol–water partition coefficient (Wildman–Crippen LogP) is 4.07. The summed E-state index contributed by atoms with van der Waals surface area (Å²) in [6.45, 7) is 4.24. The highest BCUT2D eigenvalue weighted by atomic mass is 16.2. The van der Waals surface area contributed by atoms with Gasteiger partial charge in [0, 0.05) is 25.0 Å². The van der Waals surface area contributed by atoms with Crippen molar-refractivity contribution in [2.45, 2.75) is 83.1 Å². The van der Waals surface area contributed by atoms with Crippen molar-refractivity contribution in [1.29, 1.82) is 0 Å². The molecule has 1 aliphatic heterocycles. The van der Waals surface area contributed by atoms with Crippen molar-refractivity contribution in [3.8, 4) is 0 Å². The monoisotopic (exact) mass is 320 g/mol. The lowest BCUT2D eigenvalue weighted by atomic mass is 9.62. The first-order chi connectivity index (χ1) is 11.0. The normalized spacial score (nSPS) is 35.8. The standard InChI is InChI=1S/C20H36N2O/c1-4-5-14-22-16-19(15-18(22)23)10-12-20(13-11-19,21(2)3)17-8-6-7-9-17/h17H,4-16H2,1-3H3. The quantitative estimate of drug-likeness (QED) is 0.762. The Morgan fingerprint density at radius 3 is 2.35 bits per heavy atom. The second kappa shape index (κ2) is 6.74. The average molecular weight is 321 g/mol. The van der Waals surface area contributed by atoms with Gasteiger partial charge in [-0.2, -0.15) is 0 Å². The van der Waals surface area contributed by atoms with Crippen molar-refractivity contribution >= 4 is 5.91 Å². The van der Waals surface area contributed by atoms with E-state index in [0.29, 0.717) is 16.9 Å².